The summed E-state index contributed by atoms with van der Waals surface area (Å²) in [6, 6.07) is 39.9. The number of imidazole rings is 1. The van der Waals surface area contributed by atoms with Crippen molar-refractivity contribution in [1.29, 1.82) is 0 Å². The molecule has 1 atom stereocenters. The molecule has 5 nitrogen and oxygen atoms in total. The van der Waals surface area contributed by atoms with Crippen molar-refractivity contribution >= 4 is 32.8 Å². The molecule has 0 N–H and O–H groups in total. The number of fused-ring (bicyclic) bond motifs is 7. The first-order valence-corrected chi connectivity index (χ1v) is 15.9. The molecule has 0 aliphatic carbocycles. The summed E-state index contributed by atoms with van der Waals surface area (Å²) in [5, 5.41) is 2.12. The van der Waals surface area contributed by atoms with Crippen molar-refractivity contribution in [3.05, 3.63) is 150 Å². The van der Waals surface area contributed by atoms with Gasteiger partial charge in [0, 0.05) is 46.1 Å². The molecule has 0 saturated carbocycles. The number of rotatable bonds is 4. The highest BCUT2D eigenvalue weighted by molar-refractivity contribution is 6.12. The lowest BCUT2D eigenvalue weighted by Crippen LogP contribution is -2.24. The predicted octanol–water partition coefficient (Wildman–Crippen LogP) is 10.2. The molecular weight excluding hydrogens is 583 g/mol. The largest absolute Gasteiger partial charge is 0.457 e. The maximum absolute atomic E-state index is 16.7. The zero-order valence-electron chi connectivity index (χ0n) is 26.3. The average molecular weight is 615 g/mol. The number of hydrogen-bond donors (Lipinski definition) is 0. The fraction of sp³-hybridized carbons (Fsp3) is 0.122. The standard InChI is InChI=1S/C41H31FN4O/c1-41(2)29-13-4-7-16-34(29)47-35-21-20-32-37(38(35)41)28-19-18-26(24-33(28)46(32)36-17-8-9-22-43-36)39(42)25-11-10-12-27(23-25)40-44-30-14-5-6-15-31(30)45(40)3/h4-24,39H,1-3H3. The van der Waals surface area contributed by atoms with Gasteiger partial charge in [-0.1, -0.05) is 80.6 Å². The van der Waals surface area contributed by atoms with Gasteiger partial charge in [-0.2, -0.15) is 0 Å². The van der Waals surface area contributed by atoms with Gasteiger partial charge in [0.2, 0.25) is 0 Å². The summed E-state index contributed by atoms with van der Waals surface area (Å²) >= 11 is 0. The van der Waals surface area contributed by atoms with E-state index in [0.29, 0.717) is 11.1 Å². The van der Waals surface area contributed by atoms with Crippen molar-refractivity contribution < 1.29 is 9.13 Å². The molecule has 47 heavy (non-hydrogen) atoms. The van der Waals surface area contributed by atoms with Crippen LogP contribution in [-0.2, 0) is 12.5 Å². The van der Waals surface area contributed by atoms with Gasteiger partial charge in [-0.25, -0.2) is 14.4 Å². The van der Waals surface area contributed by atoms with Crippen molar-refractivity contribution in [3.8, 4) is 28.7 Å². The number of aromatic nitrogens is 4. The molecule has 5 aromatic carbocycles. The number of aryl methyl sites for hydroxylation is 1. The smallest absolute Gasteiger partial charge is 0.150 e. The molecule has 0 bridgehead atoms. The van der Waals surface area contributed by atoms with Crippen LogP contribution in [0.25, 0.3) is 50.0 Å². The molecule has 1 aliphatic rings. The zero-order valence-corrected chi connectivity index (χ0v) is 26.3. The third-order valence-corrected chi connectivity index (χ3v) is 9.72. The SMILES string of the molecule is Cn1c(-c2cccc(C(F)c3ccc4c5c6c(ccc5n(-c5ccccn5)c4c3)Oc3ccccc3C6(C)C)c2)nc2ccccc21. The Hall–Kier alpha value is -5.75. The summed E-state index contributed by atoms with van der Waals surface area (Å²) in [6.45, 7) is 4.50. The van der Waals surface area contributed by atoms with Gasteiger partial charge in [0.1, 0.15) is 23.1 Å². The van der Waals surface area contributed by atoms with Crippen LogP contribution in [0.15, 0.2) is 128 Å². The number of para-hydroxylation sites is 3. The fourth-order valence-electron chi connectivity index (χ4n) is 7.46. The molecule has 0 fully saturated rings. The van der Waals surface area contributed by atoms with Crippen LogP contribution in [-0.4, -0.2) is 19.1 Å². The van der Waals surface area contributed by atoms with Crippen molar-refractivity contribution in [3.63, 3.8) is 0 Å². The van der Waals surface area contributed by atoms with Crippen molar-refractivity contribution in [2.45, 2.75) is 25.4 Å². The number of benzene rings is 5. The Morgan fingerprint density at radius 1 is 0.723 bits per heavy atom. The van der Waals surface area contributed by atoms with E-state index in [1.807, 2.05) is 98.0 Å². The van der Waals surface area contributed by atoms with Gasteiger partial charge >= 0.3 is 0 Å². The number of nitrogens with zero attached hydrogens (tertiary/aromatic N) is 4. The van der Waals surface area contributed by atoms with E-state index >= 15 is 4.39 Å². The lowest BCUT2D eigenvalue weighted by Gasteiger charge is -2.35. The van der Waals surface area contributed by atoms with Crippen LogP contribution in [0.3, 0.4) is 0 Å². The number of ether oxygens (including phenoxy) is 1. The summed E-state index contributed by atoms with van der Waals surface area (Å²) in [6.07, 6.45) is 0.452. The van der Waals surface area contributed by atoms with Crippen LogP contribution in [0.5, 0.6) is 11.5 Å². The second kappa shape index (κ2) is 10.1. The van der Waals surface area contributed by atoms with Crippen LogP contribution in [0.4, 0.5) is 4.39 Å². The Balaban J connectivity index is 1.23. The normalized spacial score (nSPS) is 14.2. The van der Waals surface area contributed by atoms with E-state index in [2.05, 4.69) is 53.3 Å². The lowest BCUT2D eigenvalue weighted by molar-refractivity contribution is 0.402. The fourth-order valence-corrected chi connectivity index (χ4v) is 7.46. The third-order valence-electron chi connectivity index (χ3n) is 9.72. The van der Waals surface area contributed by atoms with Gasteiger partial charge in [-0.15, -0.1) is 0 Å². The van der Waals surface area contributed by atoms with Gasteiger partial charge in [0.15, 0.2) is 6.17 Å². The minimum absolute atomic E-state index is 0.329. The Labute approximate surface area is 271 Å². The molecule has 228 valence electrons. The quantitative estimate of drug-likeness (QED) is 0.198. The first-order chi connectivity index (χ1) is 22.9. The third kappa shape index (κ3) is 4.07. The van der Waals surface area contributed by atoms with E-state index in [-0.39, 0.29) is 5.41 Å². The van der Waals surface area contributed by atoms with E-state index < -0.39 is 6.17 Å². The zero-order chi connectivity index (χ0) is 31.9. The summed E-state index contributed by atoms with van der Waals surface area (Å²) in [5.41, 5.74) is 7.82. The molecule has 6 heteroatoms. The van der Waals surface area contributed by atoms with Crippen LogP contribution in [0.1, 0.15) is 42.3 Å². The topological polar surface area (TPSA) is 44.9 Å². The Kier molecular flexibility index (Phi) is 5.94. The Morgan fingerprint density at radius 3 is 2.38 bits per heavy atom. The van der Waals surface area contributed by atoms with Gasteiger partial charge < -0.3 is 9.30 Å². The molecule has 1 unspecified atom stereocenters. The molecule has 1 aliphatic heterocycles. The second-order valence-corrected chi connectivity index (χ2v) is 12.8. The molecule has 8 aromatic rings. The van der Waals surface area contributed by atoms with Crippen LogP contribution in [0.2, 0.25) is 0 Å². The first kappa shape index (κ1) is 27.6. The van der Waals surface area contributed by atoms with E-state index in [1.54, 1.807) is 6.20 Å². The van der Waals surface area contributed by atoms with Crippen molar-refractivity contribution in [2.75, 3.05) is 0 Å². The van der Waals surface area contributed by atoms with E-state index in [1.165, 1.54) is 0 Å². The van der Waals surface area contributed by atoms with Gasteiger partial charge in [0.25, 0.3) is 0 Å². The van der Waals surface area contributed by atoms with E-state index in [9.17, 15) is 0 Å². The number of hydrogen-bond acceptors (Lipinski definition) is 3. The summed E-state index contributed by atoms with van der Waals surface area (Å²) in [4.78, 5) is 9.59. The number of halogens is 1. The van der Waals surface area contributed by atoms with Crippen LogP contribution in [0, 0.1) is 0 Å². The predicted molar refractivity (Wildman–Crippen MR) is 186 cm³/mol. The van der Waals surface area contributed by atoms with E-state index in [4.69, 9.17) is 14.7 Å². The number of pyridine rings is 1. The van der Waals surface area contributed by atoms with Crippen molar-refractivity contribution in [2.24, 2.45) is 7.05 Å². The first-order valence-electron chi connectivity index (χ1n) is 15.9. The Morgan fingerprint density at radius 2 is 1.53 bits per heavy atom. The molecular formula is C41H31FN4O. The molecule has 3 aromatic heterocycles. The molecule has 0 saturated heterocycles. The van der Waals surface area contributed by atoms with Gasteiger partial charge in [0.05, 0.1) is 22.1 Å². The van der Waals surface area contributed by atoms with Gasteiger partial charge in [-0.3, -0.25) is 4.57 Å². The molecule has 9 rings (SSSR count). The van der Waals surface area contributed by atoms with Crippen LogP contribution < -0.4 is 4.74 Å². The minimum atomic E-state index is -1.34. The molecule has 0 spiro atoms. The van der Waals surface area contributed by atoms with Gasteiger partial charge in [-0.05, 0) is 65.7 Å². The highest BCUT2D eigenvalue weighted by atomic mass is 19.1. The Bertz CT molecular complexity index is 2510. The molecule has 0 amide bonds. The average Bonchev–Trinajstić information content (AvgIpc) is 3.62. The highest BCUT2D eigenvalue weighted by Gasteiger charge is 2.37. The highest BCUT2D eigenvalue weighted by Crippen LogP contribution is 2.52. The van der Waals surface area contributed by atoms with E-state index in [0.717, 1.165) is 72.7 Å². The minimum Gasteiger partial charge on any atom is -0.457 e. The summed E-state index contributed by atoms with van der Waals surface area (Å²) in [5.74, 6) is 3.30. The molecule has 4 heterocycles. The second-order valence-electron chi connectivity index (χ2n) is 12.8. The summed E-state index contributed by atoms with van der Waals surface area (Å²) < 4.78 is 27.4. The maximum atomic E-state index is 16.7. The summed E-state index contributed by atoms with van der Waals surface area (Å²) in [7, 11) is 2.00. The number of alkyl halides is 1. The van der Waals surface area contributed by atoms with Crippen molar-refractivity contribution in [1.82, 2.24) is 19.1 Å². The lowest BCUT2D eigenvalue weighted by atomic mass is 9.74. The monoisotopic (exact) mass is 614 g/mol. The molecule has 0 radical (unpaired) electrons. The maximum Gasteiger partial charge on any atom is 0.150 e. The van der Waals surface area contributed by atoms with Crippen LogP contribution >= 0.6 is 0 Å².